The molecule has 1 aliphatic heterocycles. The Balaban J connectivity index is 1.87. The Hall–Kier alpha value is -1.24. The molecule has 0 saturated carbocycles. The predicted octanol–water partition coefficient (Wildman–Crippen LogP) is 2.64. The largest absolute Gasteiger partial charge is 0.378 e. The first-order chi connectivity index (χ1) is 9.24. The lowest BCUT2D eigenvalue weighted by atomic mass is 10.1. The van der Waals surface area contributed by atoms with Gasteiger partial charge in [0.1, 0.15) is 11.6 Å². The van der Waals surface area contributed by atoms with Crippen LogP contribution in [0.15, 0.2) is 28.9 Å². The van der Waals surface area contributed by atoms with Crippen molar-refractivity contribution < 1.29 is 9.13 Å². The number of hydrogen-bond donors (Lipinski definition) is 2. The number of benzene rings is 1. The van der Waals surface area contributed by atoms with E-state index in [4.69, 9.17) is 4.74 Å². The summed E-state index contributed by atoms with van der Waals surface area (Å²) in [6, 6.07) is 5.02. The molecule has 1 saturated heterocycles. The summed E-state index contributed by atoms with van der Waals surface area (Å²) >= 11 is 3.24. The fourth-order valence-electron chi connectivity index (χ4n) is 2.10. The normalized spacial score (nSPS) is 19.6. The van der Waals surface area contributed by atoms with Gasteiger partial charge in [-0.2, -0.15) is 0 Å². The van der Waals surface area contributed by atoms with E-state index in [0.717, 1.165) is 16.8 Å². The Morgan fingerprint density at radius 3 is 3.05 bits per heavy atom. The summed E-state index contributed by atoms with van der Waals surface area (Å²) in [7, 11) is 0. The summed E-state index contributed by atoms with van der Waals surface area (Å²) in [5.74, 6) is 0.495. The molecule has 1 atom stereocenters. The van der Waals surface area contributed by atoms with Crippen LogP contribution in [0.2, 0.25) is 0 Å². The van der Waals surface area contributed by atoms with Crippen LogP contribution in [-0.4, -0.2) is 29.7 Å². The van der Waals surface area contributed by atoms with Gasteiger partial charge in [0, 0.05) is 16.6 Å². The monoisotopic (exact) mass is 325 g/mol. The first-order valence-corrected chi connectivity index (χ1v) is 6.85. The van der Waals surface area contributed by atoms with Crippen LogP contribution in [0.25, 0.3) is 11.3 Å². The molecule has 1 fully saturated rings. The molecule has 100 valence electrons. The number of rotatable bonds is 2. The SMILES string of the molecule is Fc1cc(Br)ccc1-c1cnc(C2COCCN2)[nH]1. The molecule has 1 aliphatic rings. The van der Waals surface area contributed by atoms with E-state index in [9.17, 15) is 4.39 Å². The van der Waals surface area contributed by atoms with Crippen LogP contribution in [0.3, 0.4) is 0 Å². The first-order valence-electron chi connectivity index (χ1n) is 6.05. The third-order valence-electron chi connectivity index (χ3n) is 3.07. The number of hydrogen-bond acceptors (Lipinski definition) is 3. The molecule has 0 amide bonds. The lowest BCUT2D eigenvalue weighted by molar-refractivity contribution is 0.0745. The van der Waals surface area contributed by atoms with Crippen molar-refractivity contribution in [1.82, 2.24) is 15.3 Å². The number of H-pyrrole nitrogens is 1. The average Bonchev–Trinajstić information content (AvgIpc) is 2.89. The van der Waals surface area contributed by atoms with Crippen LogP contribution in [0.4, 0.5) is 4.39 Å². The second-order valence-corrected chi connectivity index (χ2v) is 5.30. The number of nitrogens with zero attached hydrogens (tertiary/aromatic N) is 1. The van der Waals surface area contributed by atoms with Crippen LogP contribution in [0.5, 0.6) is 0 Å². The standard InChI is InChI=1S/C13H13BrFN3O/c14-8-1-2-9(10(15)5-8)11-6-17-13(18-11)12-7-19-4-3-16-12/h1-2,5-6,12,16H,3-4,7H2,(H,17,18). The van der Waals surface area contributed by atoms with E-state index < -0.39 is 0 Å². The summed E-state index contributed by atoms with van der Waals surface area (Å²) in [5, 5.41) is 3.30. The summed E-state index contributed by atoms with van der Waals surface area (Å²) in [5.41, 5.74) is 1.19. The Bertz CT molecular complexity index is 581. The van der Waals surface area contributed by atoms with Crippen LogP contribution in [0.1, 0.15) is 11.9 Å². The van der Waals surface area contributed by atoms with E-state index in [-0.39, 0.29) is 11.9 Å². The van der Waals surface area contributed by atoms with Gasteiger partial charge in [0.15, 0.2) is 0 Å². The molecule has 1 aromatic carbocycles. The van der Waals surface area contributed by atoms with Crippen LogP contribution in [0, 0.1) is 5.82 Å². The Kier molecular flexibility index (Phi) is 3.63. The quantitative estimate of drug-likeness (QED) is 0.892. The van der Waals surface area contributed by atoms with Crippen LogP contribution >= 0.6 is 15.9 Å². The summed E-state index contributed by atoms with van der Waals surface area (Å²) in [4.78, 5) is 7.45. The highest BCUT2D eigenvalue weighted by molar-refractivity contribution is 9.10. The molecule has 19 heavy (non-hydrogen) atoms. The zero-order chi connectivity index (χ0) is 13.2. The number of ether oxygens (including phenoxy) is 1. The third kappa shape index (κ3) is 2.70. The molecule has 6 heteroatoms. The highest BCUT2D eigenvalue weighted by atomic mass is 79.9. The van der Waals surface area contributed by atoms with Crippen molar-refractivity contribution in [2.24, 2.45) is 0 Å². The van der Waals surface area contributed by atoms with Crippen LogP contribution in [-0.2, 0) is 4.74 Å². The van der Waals surface area contributed by atoms with Gasteiger partial charge in [-0.3, -0.25) is 0 Å². The van der Waals surface area contributed by atoms with Gasteiger partial charge in [-0.15, -0.1) is 0 Å². The fourth-order valence-corrected chi connectivity index (χ4v) is 2.43. The minimum absolute atomic E-state index is 0.0426. The number of nitrogens with one attached hydrogen (secondary N) is 2. The maximum atomic E-state index is 13.9. The molecule has 3 rings (SSSR count). The topological polar surface area (TPSA) is 49.9 Å². The smallest absolute Gasteiger partial charge is 0.133 e. The molecular formula is C13H13BrFN3O. The van der Waals surface area contributed by atoms with Gasteiger partial charge in [-0.1, -0.05) is 15.9 Å². The van der Waals surface area contributed by atoms with Gasteiger partial charge in [-0.25, -0.2) is 9.37 Å². The van der Waals surface area contributed by atoms with Crippen molar-refractivity contribution in [2.45, 2.75) is 6.04 Å². The minimum Gasteiger partial charge on any atom is -0.378 e. The third-order valence-corrected chi connectivity index (χ3v) is 3.56. The molecule has 2 aromatic rings. The van der Waals surface area contributed by atoms with Gasteiger partial charge < -0.3 is 15.0 Å². The summed E-state index contributed by atoms with van der Waals surface area (Å²) in [6.07, 6.45) is 1.65. The van der Waals surface area contributed by atoms with E-state index in [2.05, 4.69) is 31.2 Å². The second-order valence-electron chi connectivity index (χ2n) is 4.39. The number of aromatic amines is 1. The van der Waals surface area contributed by atoms with Gasteiger partial charge in [0.05, 0.1) is 31.1 Å². The lowest BCUT2D eigenvalue weighted by Gasteiger charge is -2.21. The summed E-state index contributed by atoms with van der Waals surface area (Å²) < 4.78 is 20.0. The molecule has 0 aliphatic carbocycles. The van der Waals surface area contributed by atoms with E-state index in [1.165, 1.54) is 6.07 Å². The predicted molar refractivity (Wildman–Crippen MR) is 73.2 cm³/mol. The second kappa shape index (κ2) is 5.40. The number of imidazole rings is 1. The van der Waals surface area contributed by atoms with Crippen molar-refractivity contribution in [1.29, 1.82) is 0 Å². The first kappa shape index (κ1) is 12.8. The number of halogens is 2. The fraction of sp³-hybridized carbons (Fsp3) is 0.308. The van der Waals surface area contributed by atoms with E-state index in [1.807, 2.05) is 0 Å². The van der Waals surface area contributed by atoms with E-state index in [0.29, 0.717) is 24.5 Å². The molecule has 2 N–H and O–H groups in total. The van der Waals surface area contributed by atoms with Crippen molar-refractivity contribution in [3.8, 4) is 11.3 Å². The lowest BCUT2D eigenvalue weighted by Crippen LogP contribution is -2.35. The molecule has 0 spiro atoms. The van der Waals surface area contributed by atoms with E-state index >= 15 is 0 Å². The number of morpholine rings is 1. The zero-order valence-electron chi connectivity index (χ0n) is 10.1. The van der Waals surface area contributed by atoms with Gasteiger partial charge in [0.25, 0.3) is 0 Å². The minimum atomic E-state index is -0.280. The molecule has 2 heterocycles. The van der Waals surface area contributed by atoms with Gasteiger partial charge >= 0.3 is 0 Å². The molecular weight excluding hydrogens is 313 g/mol. The maximum Gasteiger partial charge on any atom is 0.133 e. The highest BCUT2D eigenvalue weighted by Gasteiger charge is 2.19. The molecule has 0 radical (unpaired) electrons. The Labute approximate surface area is 118 Å². The van der Waals surface area contributed by atoms with Crippen molar-refractivity contribution in [2.75, 3.05) is 19.8 Å². The molecule has 4 nitrogen and oxygen atoms in total. The molecule has 0 bridgehead atoms. The average molecular weight is 326 g/mol. The number of aromatic nitrogens is 2. The zero-order valence-corrected chi connectivity index (χ0v) is 11.7. The van der Waals surface area contributed by atoms with Crippen molar-refractivity contribution >= 4 is 15.9 Å². The highest BCUT2D eigenvalue weighted by Crippen LogP contribution is 2.25. The van der Waals surface area contributed by atoms with Gasteiger partial charge in [-0.05, 0) is 18.2 Å². The van der Waals surface area contributed by atoms with E-state index in [1.54, 1.807) is 18.3 Å². The summed E-state index contributed by atoms with van der Waals surface area (Å²) in [6.45, 7) is 2.09. The van der Waals surface area contributed by atoms with Crippen molar-refractivity contribution in [3.63, 3.8) is 0 Å². The van der Waals surface area contributed by atoms with Crippen LogP contribution < -0.4 is 5.32 Å². The maximum absolute atomic E-state index is 13.9. The Morgan fingerprint density at radius 1 is 1.42 bits per heavy atom. The molecule has 1 unspecified atom stereocenters. The Morgan fingerprint density at radius 2 is 2.32 bits per heavy atom. The van der Waals surface area contributed by atoms with Gasteiger partial charge in [0.2, 0.25) is 0 Å². The molecule has 1 aromatic heterocycles. The van der Waals surface area contributed by atoms with Crippen molar-refractivity contribution in [3.05, 3.63) is 40.5 Å².